The van der Waals surface area contributed by atoms with E-state index in [9.17, 15) is 106 Å². The quantitative estimate of drug-likeness (QED) is 0.0756. The zero-order chi connectivity index (χ0) is 72.7. The fourth-order valence-electron chi connectivity index (χ4n) is 12.1. The topological polar surface area (TPSA) is 697 Å². The lowest BCUT2D eigenvalue weighted by molar-refractivity contribution is -0.396. The molecule has 3 aromatic heterocycles. The lowest BCUT2D eigenvalue weighted by Crippen LogP contribution is -2.68. The van der Waals surface area contributed by atoms with Crippen molar-refractivity contribution < 1.29 is 172 Å². The van der Waals surface area contributed by atoms with Crippen molar-refractivity contribution in [1.29, 1.82) is 0 Å². The SMILES string of the molecule is O=c1nc(OC[C@H]2O[C@@H]3O[C@H]4[C@H](O)[C@@H](O)[C@@H](O[C@H]5[C@H](O)[C@@H](O)[C@@H](O[C@H]6[C@H](O)[C@@H](O)[C@@H](O[C@H]7[C@H](O)[C@@H](O)[C@@H](O[C@H]8[C@H](O)[C@@H](O)[C@@H](O[C@H]9[C@H](O)[C@@H](O)[C@@H](O[C@H]2[C@H](O)[C@H]3O)O[C@@H]9CO)O[C@@H]8COc2nc(Cl)[nH]c(=O)n2)O[C@@H]7COc2nc(Cl)[nH]c(=O)n2)O[C@@H]6CO)O[C@@H]5CO)O[C@@H]4CO)nc(Cl)[nH]1. The maximum absolute atomic E-state index is 12.3. The summed E-state index contributed by atoms with van der Waals surface area (Å²) < 4.78 is 99.3. The van der Waals surface area contributed by atoms with Gasteiger partial charge in [-0.3, -0.25) is 15.0 Å². The minimum absolute atomic E-state index is 0.541. The van der Waals surface area contributed by atoms with Gasteiger partial charge in [-0.2, -0.15) is 15.0 Å². The van der Waals surface area contributed by atoms with Crippen LogP contribution in [0.25, 0.3) is 0 Å². The third-order valence-electron chi connectivity index (χ3n) is 17.2. The van der Waals surface area contributed by atoms with E-state index in [2.05, 4.69) is 44.9 Å². The van der Waals surface area contributed by atoms with E-state index in [4.69, 9.17) is 115 Å². The van der Waals surface area contributed by atoms with E-state index in [1.165, 1.54) is 0 Å². The molecule has 14 bridgehead atoms. The Morgan fingerprint density at radius 2 is 0.436 bits per heavy atom. The standard InChI is InChI=1S/C51H70Cl3N9O38/c52-43-55-46(82)61-49(58-43)85-5-12-33-19(72)26(79)40(92-12)97-31-10(3-66)89-37(23(76)16(31)69)95-29-8(1-64)88-36(22(75)15(29)68)96-30-9(2-65)90-38(24(77)17(30)70)100-34-13(6-86-50-59-44(53)56-47(83)62-50)94-42(28(81)21(34)74)101-35-14(7-87-51-60-45(54)57-48(84)63-51)93-41(27(80)20(35)73)98-32-11(4-67)91-39(99-33)25(78)18(32)71/h8-42,64-81H,1-7H2,(H,55,58,61,82)(H,56,59,62,83)(H,57,60,63,84)/t8-,9-,10-,11-,12-,13-,14-,15-,16-,17-,18-,19-,20-,21-,22-,23-,24-,25-,26-,27-,28-,29-,30-,31-,32-,33-,34-,35-,36-,37-,38-,39-,40-,41-,42-/m1/s1. The molecule has 568 valence electrons. The number of hydrogen-bond acceptors (Lipinski definition) is 44. The maximum atomic E-state index is 12.3. The molecule has 21 N–H and O–H groups in total. The molecule has 0 aliphatic carbocycles. The van der Waals surface area contributed by atoms with E-state index in [0.29, 0.717) is 0 Å². The van der Waals surface area contributed by atoms with Gasteiger partial charge in [-0.25, -0.2) is 14.4 Å². The van der Waals surface area contributed by atoms with E-state index < -0.39 is 312 Å². The van der Waals surface area contributed by atoms with Gasteiger partial charge in [-0.1, -0.05) is 0 Å². The second kappa shape index (κ2) is 33.1. The highest BCUT2D eigenvalue weighted by Gasteiger charge is 2.60. The molecule has 35 atom stereocenters. The van der Waals surface area contributed by atoms with Crippen LogP contribution in [-0.4, -0.2) is 398 Å². The third-order valence-corrected chi connectivity index (χ3v) is 17.7. The number of aromatic nitrogens is 9. The second-order valence-electron chi connectivity index (χ2n) is 23.7. The maximum Gasteiger partial charge on any atom is 0.351 e. The van der Waals surface area contributed by atoms with Crippen LogP contribution in [0.3, 0.4) is 0 Å². The third kappa shape index (κ3) is 16.8. The van der Waals surface area contributed by atoms with Crippen LogP contribution in [0.2, 0.25) is 15.9 Å². The number of nitrogens with one attached hydrogen (secondary N) is 3. The number of ether oxygens (including phenoxy) is 17. The minimum Gasteiger partial charge on any atom is -0.460 e. The molecule has 0 unspecified atom stereocenters. The van der Waals surface area contributed by atoms with Crippen molar-refractivity contribution in [3.63, 3.8) is 0 Å². The molecule has 101 heavy (non-hydrogen) atoms. The Morgan fingerprint density at radius 1 is 0.267 bits per heavy atom. The van der Waals surface area contributed by atoms with Crippen molar-refractivity contribution in [2.45, 2.75) is 215 Å². The van der Waals surface area contributed by atoms with Gasteiger partial charge in [0, 0.05) is 0 Å². The largest absolute Gasteiger partial charge is 0.460 e. The van der Waals surface area contributed by atoms with Gasteiger partial charge in [0.15, 0.2) is 44.0 Å². The summed E-state index contributed by atoms with van der Waals surface area (Å²) in [4.78, 5) is 64.8. The fraction of sp³-hybridized carbons (Fsp3) is 0.824. The highest BCUT2D eigenvalue weighted by Crippen LogP contribution is 2.40. The number of halogens is 3. The van der Waals surface area contributed by atoms with Crippen molar-refractivity contribution in [2.24, 2.45) is 0 Å². The fourth-order valence-corrected chi connectivity index (χ4v) is 12.5. The molecule has 24 heterocycles. The molecule has 24 rings (SSSR count). The average Bonchev–Trinajstić information content (AvgIpc) is 0.790. The lowest BCUT2D eigenvalue weighted by atomic mass is 9.95. The second-order valence-corrected chi connectivity index (χ2v) is 24.8. The summed E-state index contributed by atoms with van der Waals surface area (Å²) in [5.74, 6) is 0. The minimum atomic E-state index is -2.41. The number of nitrogens with zero attached hydrogens (tertiary/aromatic N) is 6. The molecule has 0 spiro atoms. The zero-order valence-electron chi connectivity index (χ0n) is 51.2. The molecule has 0 amide bonds. The molecule has 0 aromatic carbocycles. The molecule has 21 fully saturated rings. The predicted octanol–water partition coefficient (Wildman–Crippen LogP) is -14.6. The van der Waals surface area contributed by atoms with E-state index in [1.807, 2.05) is 0 Å². The Balaban J connectivity index is 0.935. The summed E-state index contributed by atoms with van der Waals surface area (Å²) in [5, 5.41) is 205. The molecule has 3 aromatic rings. The number of aromatic amines is 3. The Labute approximate surface area is 576 Å². The number of H-pyrrole nitrogens is 3. The molecule has 0 saturated carbocycles. The smallest absolute Gasteiger partial charge is 0.351 e. The number of aliphatic hydroxyl groups is 18. The normalized spacial score (nSPS) is 44.8. The van der Waals surface area contributed by atoms with E-state index in [-0.39, 0.29) is 0 Å². The summed E-state index contributed by atoms with van der Waals surface area (Å²) in [7, 11) is 0. The van der Waals surface area contributed by atoms with Crippen LogP contribution in [0.5, 0.6) is 18.0 Å². The Morgan fingerprint density at radius 3 is 0.604 bits per heavy atom. The van der Waals surface area contributed by atoms with E-state index >= 15 is 0 Å². The number of rotatable bonds is 13. The van der Waals surface area contributed by atoms with Crippen molar-refractivity contribution in [1.82, 2.24) is 44.9 Å². The number of aliphatic hydroxyl groups excluding tert-OH is 18. The molecule has 21 aliphatic rings. The summed E-state index contributed by atoms with van der Waals surface area (Å²) in [6.45, 7) is -7.46. The first-order valence-corrected chi connectivity index (χ1v) is 31.6. The van der Waals surface area contributed by atoms with Crippen molar-refractivity contribution in [2.75, 3.05) is 46.2 Å². The van der Waals surface area contributed by atoms with Gasteiger partial charge in [0.2, 0.25) is 15.9 Å². The van der Waals surface area contributed by atoms with Crippen LogP contribution >= 0.6 is 34.8 Å². The molecule has 0 radical (unpaired) electrons. The van der Waals surface area contributed by atoms with Crippen LogP contribution < -0.4 is 31.3 Å². The van der Waals surface area contributed by atoms with Crippen LogP contribution in [0.15, 0.2) is 14.4 Å². The van der Waals surface area contributed by atoms with Crippen LogP contribution in [-0.2, 0) is 66.3 Å². The highest BCUT2D eigenvalue weighted by molar-refractivity contribution is 6.28. The van der Waals surface area contributed by atoms with Crippen molar-refractivity contribution in [3.8, 4) is 18.0 Å². The molecule has 21 saturated heterocycles. The Bertz CT molecular complexity index is 3400. The molecule has 21 aliphatic heterocycles. The monoisotopic (exact) mass is 1520 g/mol. The van der Waals surface area contributed by atoms with Gasteiger partial charge in [-0.15, -0.1) is 15.0 Å². The Kier molecular flexibility index (Phi) is 25.4. The molecule has 47 nitrogen and oxygen atoms in total. The van der Waals surface area contributed by atoms with Gasteiger partial charge in [-0.05, 0) is 34.8 Å². The van der Waals surface area contributed by atoms with Crippen molar-refractivity contribution in [3.05, 3.63) is 47.3 Å². The van der Waals surface area contributed by atoms with E-state index in [1.54, 1.807) is 0 Å². The van der Waals surface area contributed by atoms with Gasteiger partial charge in [0.25, 0.3) is 0 Å². The molecular weight excluding hydrogens is 1450 g/mol. The van der Waals surface area contributed by atoms with Crippen LogP contribution in [0, 0.1) is 0 Å². The average molecular weight is 1520 g/mol. The predicted molar refractivity (Wildman–Crippen MR) is 307 cm³/mol. The van der Waals surface area contributed by atoms with Crippen LogP contribution in [0.1, 0.15) is 0 Å². The molecule has 50 heteroatoms. The summed E-state index contributed by atoms with van der Waals surface area (Å²) in [6.07, 6.45) is -75.8. The van der Waals surface area contributed by atoms with Crippen LogP contribution in [0.4, 0.5) is 0 Å². The van der Waals surface area contributed by atoms with E-state index in [0.717, 1.165) is 0 Å². The molecular formula is C51H70Cl3N9O38. The van der Waals surface area contributed by atoms with Gasteiger partial charge >= 0.3 is 35.1 Å². The zero-order valence-corrected chi connectivity index (χ0v) is 53.5. The summed E-state index contributed by atoms with van der Waals surface area (Å²) in [6, 6.07) is -2.25. The number of hydrogen-bond donors (Lipinski definition) is 21. The van der Waals surface area contributed by atoms with Crippen molar-refractivity contribution >= 4 is 34.8 Å². The first kappa shape index (κ1) is 77.5. The highest BCUT2D eigenvalue weighted by atomic mass is 35.5. The summed E-state index contributed by atoms with van der Waals surface area (Å²) >= 11 is 17.7. The van der Waals surface area contributed by atoms with Gasteiger partial charge < -0.3 is 172 Å². The summed E-state index contributed by atoms with van der Waals surface area (Å²) in [5.41, 5.74) is -3.27. The first-order chi connectivity index (χ1) is 48.1. The first-order valence-electron chi connectivity index (χ1n) is 30.5. The lowest BCUT2D eigenvalue weighted by Gasteiger charge is -2.50. The Hall–Kier alpha value is -4.58. The van der Waals surface area contributed by atoms with Gasteiger partial charge in [0.1, 0.15) is 191 Å². The van der Waals surface area contributed by atoms with Gasteiger partial charge in [0.05, 0.1) is 26.4 Å².